The summed E-state index contributed by atoms with van der Waals surface area (Å²) in [5.41, 5.74) is -0.227. The van der Waals surface area contributed by atoms with Crippen LogP contribution in [0.4, 0.5) is 4.79 Å². The number of amides is 2. The number of rotatable bonds is 3. The van der Waals surface area contributed by atoms with Gasteiger partial charge in [0.15, 0.2) is 0 Å². The number of carbonyl (C=O) groups excluding carboxylic acids is 1. The predicted octanol–water partition coefficient (Wildman–Crippen LogP) is 0.463. The van der Waals surface area contributed by atoms with Gasteiger partial charge in [-0.2, -0.15) is 0 Å². The molecule has 0 aliphatic rings. The van der Waals surface area contributed by atoms with Gasteiger partial charge in [0, 0.05) is 34.9 Å². The zero-order valence-corrected chi connectivity index (χ0v) is 9.46. The zero-order chi connectivity index (χ0) is 10.5. The summed E-state index contributed by atoms with van der Waals surface area (Å²) in [7, 11) is -0.848. The van der Waals surface area contributed by atoms with Gasteiger partial charge in [0.25, 0.3) is 0 Å². The van der Waals surface area contributed by atoms with E-state index in [-0.39, 0.29) is 11.6 Å². The lowest BCUT2D eigenvalue weighted by molar-refractivity contribution is 0.232. The van der Waals surface area contributed by atoms with Crippen LogP contribution in [0.5, 0.6) is 0 Å². The van der Waals surface area contributed by atoms with Crippen molar-refractivity contribution in [3.63, 3.8) is 0 Å². The molecular formula is C8H18N2O2S. The highest BCUT2D eigenvalue weighted by atomic mass is 32.2. The van der Waals surface area contributed by atoms with Crippen LogP contribution in [0.25, 0.3) is 0 Å². The first kappa shape index (κ1) is 12.4. The largest absolute Gasteiger partial charge is 0.337 e. The van der Waals surface area contributed by atoms with Crippen molar-refractivity contribution < 1.29 is 9.00 Å². The standard InChI is InChI=1S/C8H18N2O2S/c1-8(2,3)10-7(11)9-5-6-13(4)12/h5-6H2,1-4H3,(H2,9,10,11). The van der Waals surface area contributed by atoms with Crippen molar-refractivity contribution in [2.75, 3.05) is 18.6 Å². The van der Waals surface area contributed by atoms with E-state index in [1.165, 1.54) is 0 Å². The van der Waals surface area contributed by atoms with Crippen molar-refractivity contribution in [2.45, 2.75) is 26.3 Å². The minimum absolute atomic E-state index is 0.210. The van der Waals surface area contributed by atoms with Gasteiger partial charge in [-0.05, 0) is 20.8 Å². The fourth-order valence-electron chi connectivity index (χ4n) is 0.693. The van der Waals surface area contributed by atoms with Gasteiger partial charge in [-0.25, -0.2) is 4.79 Å². The summed E-state index contributed by atoms with van der Waals surface area (Å²) in [6.45, 7) is 6.17. The van der Waals surface area contributed by atoms with Crippen LogP contribution in [0.15, 0.2) is 0 Å². The number of carbonyl (C=O) groups is 1. The lowest BCUT2D eigenvalue weighted by Crippen LogP contribution is -2.47. The molecule has 13 heavy (non-hydrogen) atoms. The molecule has 0 aromatic carbocycles. The monoisotopic (exact) mass is 206 g/mol. The number of nitrogens with one attached hydrogen (secondary N) is 2. The summed E-state index contributed by atoms with van der Waals surface area (Å²) in [5, 5.41) is 5.37. The molecule has 0 fully saturated rings. The summed E-state index contributed by atoms with van der Waals surface area (Å²) >= 11 is 0. The SMILES string of the molecule is CS(=O)CCNC(=O)NC(C)(C)C. The summed E-state index contributed by atoms with van der Waals surface area (Å²) in [5.74, 6) is 0.498. The van der Waals surface area contributed by atoms with Crippen molar-refractivity contribution in [2.24, 2.45) is 0 Å². The second-order valence-corrected chi connectivity index (χ2v) is 5.46. The van der Waals surface area contributed by atoms with Gasteiger partial charge in [-0.1, -0.05) is 0 Å². The van der Waals surface area contributed by atoms with Crippen LogP contribution < -0.4 is 10.6 Å². The Labute approximate surface area is 81.9 Å². The van der Waals surface area contributed by atoms with E-state index in [2.05, 4.69) is 10.6 Å². The molecule has 0 bridgehead atoms. The quantitative estimate of drug-likeness (QED) is 0.705. The first-order valence-corrected chi connectivity index (χ1v) is 5.90. The second-order valence-electron chi connectivity index (χ2n) is 3.91. The van der Waals surface area contributed by atoms with E-state index in [4.69, 9.17) is 0 Å². The fourth-order valence-corrected chi connectivity index (χ4v) is 1.08. The van der Waals surface area contributed by atoms with E-state index >= 15 is 0 Å². The topological polar surface area (TPSA) is 58.2 Å². The summed E-state index contributed by atoms with van der Waals surface area (Å²) in [6.07, 6.45) is 1.61. The third-order valence-corrected chi connectivity index (χ3v) is 1.94. The molecule has 0 spiro atoms. The van der Waals surface area contributed by atoms with E-state index in [1.54, 1.807) is 6.26 Å². The third-order valence-electron chi connectivity index (χ3n) is 1.16. The first-order valence-electron chi connectivity index (χ1n) is 4.17. The van der Waals surface area contributed by atoms with Crippen LogP contribution in [-0.4, -0.2) is 34.3 Å². The third kappa shape index (κ3) is 9.33. The lowest BCUT2D eigenvalue weighted by atomic mass is 10.1. The maximum Gasteiger partial charge on any atom is 0.315 e. The predicted molar refractivity (Wildman–Crippen MR) is 55.2 cm³/mol. The molecule has 0 heterocycles. The van der Waals surface area contributed by atoms with Crippen LogP contribution in [0.3, 0.4) is 0 Å². The molecule has 5 heteroatoms. The van der Waals surface area contributed by atoms with E-state index in [9.17, 15) is 9.00 Å². The van der Waals surface area contributed by atoms with Crippen molar-refractivity contribution in [1.29, 1.82) is 0 Å². The van der Waals surface area contributed by atoms with Gasteiger partial charge < -0.3 is 10.6 Å². The molecule has 0 aromatic heterocycles. The molecule has 2 amide bonds. The van der Waals surface area contributed by atoms with E-state index in [1.807, 2.05) is 20.8 Å². The Morgan fingerprint density at radius 2 is 1.92 bits per heavy atom. The Balaban J connectivity index is 3.59. The van der Waals surface area contributed by atoms with E-state index < -0.39 is 10.8 Å². The molecule has 0 aromatic rings. The number of hydrogen-bond acceptors (Lipinski definition) is 2. The molecule has 0 rings (SSSR count). The molecule has 0 radical (unpaired) electrons. The molecule has 0 saturated heterocycles. The highest BCUT2D eigenvalue weighted by molar-refractivity contribution is 7.84. The van der Waals surface area contributed by atoms with Crippen LogP contribution in [0.1, 0.15) is 20.8 Å². The van der Waals surface area contributed by atoms with Gasteiger partial charge >= 0.3 is 6.03 Å². The molecular weight excluding hydrogens is 188 g/mol. The van der Waals surface area contributed by atoms with Crippen molar-refractivity contribution in [1.82, 2.24) is 10.6 Å². The van der Waals surface area contributed by atoms with Crippen molar-refractivity contribution >= 4 is 16.8 Å². The molecule has 0 aliphatic heterocycles. The fraction of sp³-hybridized carbons (Fsp3) is 0.875. The Hall–Kier alpha value is -0.580. The Kier molecular flexibility index (Phi) is 4.98. The smallest absolute Gasteiger partial charge is 0.315 e. The maximum atomic E-state index is 11.1. The first-order chi connectivity index (χ1) is 5.81. The zero-order valence-electron chi connectivity index (χ0n) is 8.64. The van der Waals surface area contributed by atoms with Crippen LogP contribution in [-0.2, 0) is 10.8 Å². The minimum Gasteiger partial charge on any atom is -0.337 e. The highest BCUT2D eigenvalue weighted by Gasteiger charge is 2.12. The normalized spacial score (nSPS) is 13.5. The van der Waals surface area contributed by atoms with Crippen LogP contribution in [0, 0.1) is 0 Å². The molecule has 78 valence electrons. The molecule has 1 atom stereocenters. The van der Waals surface area contributed by atoms with Crippen LogP contribution >= 0.6 is 0 Å². The van der Waals surface area contributed by atoms with Gasteiger partial charge in [0.05, 0.1) is 0 Å². The minimum atomic E-state index is -0.848. The average Bonchev–Trinajstić information content (AvgIpc) is 1.81. The molecule has 0 aliphatic carbocycles. The molecule has 0 saturated carbocycles. The average molecular weight is 206 g/mol. The second kappa shape index (κ2) is 5.21. The maximum absolute atomic E-state index is 11.1. The van der Waals surface area contributed by atoms with Gasteiger partial charge in [0.1, 0.15) is 0 Å². The highest BCUT2D eigenvalue weighted by Crippen LogP contribution is 1.96. The summed E-state index contributed by atoms with van der Waals surface area (Å²) < 4.78 is 10.6. The lowest BCUT2D eigenvalue weighted by Gasteiger charge is -2.20. The molecule has 4 nitrogen and oxygen atoms in total. The molecule has 2 N–H and O–H groups in total. The summed E-state index contributed by atoms with van der Waals surface area (Å²) in [4.78, 5) is 11.1. The van der Waals surface area contributed by atoms with Gasteiger partial charge in [-0.3, -0.25) is 4.21 Å². The van der Waals surface area contributed by atoms with Crippen molar-refractivity contribution in [3.05, 3.63) is 0 Å². The van der Waals surface area contributed by atoms with Crippen molar-refractivity contribution in [3.8, 4) is 0 Å². The van der Waals surface area contributed by atoms with Gasteiger partial charge in [-0.15, -0.1) is 0 Å². The Morgan fingerprint density at radius 1 is 1.38 bits per heavy atom. The van der Waals surface area contributed by atoms with E-state index in [0.717, 1.165) is 0 Å². The summed E-state index contributed by atoms with van der Waals surface area (Å²) in [6, 6.07) is -0.210. The van der Waals surface area contributed by atoms with Crippen LogP contribution in [0.2, 0.25) is 0 Å². The Morgan fingerprint density at radius 3 is 2.31 bits per heavy atom. The number of hydrogen-bond donors (Lipinski definition) is 2. The van der Waals surface area contributed by atoms with Gasteiger partial charge in [0.2, 0.25) is 0 Å². The van der Waals surface area contributed by atoms with E-state index in [0.29, 0.717) is 12.3 Å². The molecule has 1 unspecified atom stereocenters. The Bertz CT molecular complexity index is 199. The number of urea groups is 1.